The second-order valence-corrected chi connectivity index (χ2v) is 62.7. The summed E-state index contributed by atoms with van der Waals surface area (Å²) >= 11 is -7.41. The van der Waals surface area contributed by atoms with Gasteiger partial charge in [-0.25, -0.2) is 0 Å². The van der Waals surface area contributed by atoms with Gasteiger partial charge in [-0.1, -0.05) is 0 Å². The molecule has 5 heteroatoms. The Balaban J connectivity index is 1.27. The van der Waals surface area contributed by atoms with Crippen LogP contribution in [0.4, 0.5) is 0 Å². The molecule has 0 radical (unpaired) electrons. The Morgan fingerprint density at radius 3 is 0.720 bits per heavy atom. The monoisotopic (exact) mass is 1120 g/mol. The standard InChI is InChI=1S/2C35H32Si.2ClH.Zr/c2*1-4-24-22-32-28(26-14-8-6-9-15-26)18-12-20-30(32)34(24)36(3)35-25(5-2)23-33-29(19-13-21-31(33)35)27-16-10-7-11-17-27;;;/h2*6-23,36H,4-5H2,1-3H3;2*1H;/q;;;;+2/p-2. The molecule has 5 spiro atoms. The molecule has 8 aromatic carbocycles. The zero-order valence-corrected chi connectivity index (χ0v) is 50.3. The van der Waals surface area contributed by atoms with Gasteiger partial charge >= 0.3 is 457 Å². The van der Waals surface area contributed by atoms with Crippen LogP contribution in [0, 0.1) is 0 Å². The van der Waals surface area contributed by atoms with Gasteiger partial charge in [0, 0.05) is 0 Å². The Morgan fingerprint density at radius 2 is 0.520 bits per heavy atom. The first kappa shape index (κ1) is 48.0. The van der Waals surface area contributed by atoms with Crippen LogP contribution in [0.1, 0.15) is 97.9 Å². The third kappa shape index (κ3) is 4.70. The van der Waals surface area contributed by atoms with E-state index in [0.717, 1.165) is 25.7 Å². The van der Waals surface area contributed by atoms with E-state index in [9.17, 15) is 17.0 Å². The van der Waals surface area contributed by atoms with Crippen molar-refractivity contribution >= 4 is 58.9 Å². The number of hydrogen-bond acceptors (Lipinski definition) is 0. The third-order valence-corrected chi connectivity index (χ3v) is 105. The van der Waals surface area contributed by atoms with Gasteiger partial charge in [-0.15, -0.1) is 0 Å². The van der Waals surface area contributed by atoms with Gasteiger partial charge in [0.15, 0.2) is 0 Å². The fourth-order valence-corrected chi connectivity index (χ4v) is 143. The molecule has 0 N–H and O–H groups in total. The van der Waals surface area contributed by atoms with Gasteiger partial charge in [-0.2, -0.15) is 0 Å². The summed E-state index contributed by atoms with van der Waals surface area (Å²) in [5.41, 5.74) is 27.1. The molecular weight excluding hydrogens is 1060 g/mol. The second kappa shape index (κ2) is 16.1. The van der Waals surface area contributed by atoms with Crippen molar-refractivity contribution in [1.82, 2.24) is 0 Å². The van der Waals surface area contributed by atoms with Crippen LogP contribution in [-0.4, -0.2) is 17.6 Å². The fourth-order valence-electron chi connectivity index (χ4n) is 20.1. The first-order chi connectivity index (χ1) is 36.5. The van der Waals surface area contributed by atoms with Crippen LogP contribution in [0.15, 0.2) is 216 Å². The molecule has 2 heterocycles. The average Bonchev–Trinajstić information content (AvgIpc) is 1.61. The van der Waals surface area contributed by atoms with Crippen molar-refractivity contribution in [3.8, 4) is 44.5 Å². The topological polar surface area (TPSA) is 0 Å². The first-order valence-corrected chi connectivity index (χ1v) is 43.7. The van der Waals surface area contributed by atoms with Gasteiger partial charge in [0.25, 0.3) is 0 Å². The minimum atomic E-state index is -7.41. The van der Waals surface area contributed by atoms with E-state index in [-0.39, 0.29) is 0 Å². The molecule has 8 aromatic rings. The molecule has 370 valence electrons. The van der Waals surface area contributed by atoms with Crippen LogP contribution in [0.2, 0.25) is 13.1 Å². The summed E-state index contributed by atoms with van der Waals surface area (Å²) in [4.78, 5) is 0. The van der Waals surface area contributed by atoms with Crippen LogP contribution in [0.3, 0.4) is 0 Å². The zero-order valence-electron chi connectivity index (χ0n) is 44.0. The summed E-state index contributed by atoms with van der Waals surface area (Å²) in [5.74, 6) is 0. The van der Waals surface area contributed by atoms with Crippen molar-refractivity contribution in [2.45, 2.75) is 77.5 Å². The van der Waals surface area contributed by atoms with E-state index in [1.165, 1.54) is 111 Å². The van der Waals surface area contributed by atoms with E-state index in [0.29, 0.717) is 0 Å². The summed E-state index contributed by atoms with van der Waals surface area (Å²) in [6.45, 7) is 15.3. The number of halogens is 2. The van der Waals surface area contributed by atoms with Gasteiger partial charge in [0.1, 0.15) is 0 Å². The van der Waals surface area contributed by atoms with Crippen molar-refractivity contribution in [3.05, 3.63) is 261 Å². The Bertz CT molecular complexity index is 3380. The first-order valence-electron chi connectivity index (χ1n) is 27.9. The molecule has 14 rings (SSSR count). The molecule has 2 saturated heterocycles. The predicted octanol–water partition coefficient (Wildman–Crippen LogP) is 18.9. The maximum absolute atomic E-state index is 11.3. The van der Waals surface area contributed by atoms with Gasteiger partial charge in [-0.3, -0.25) is 0 Å². The number of rotatable bonds is 8. The van der Waals surface area contributed by atoms with E-state index >= 15 is 0 Å². The number of benzene rings is 8. The Kier molecular flexibility index (Phi) is 10.3. The van der Waals surface area contributed by atoms with Gasteiger partial charge in [0.2, 0.25) is 0 Å². The number of allylic oxidation sites excluding steroid dienone is 4. The molecule has 0 aromatic heterocycles. The van der Waals surface area contributed by atoms with E-state index in [2.05, 4.69) is 259 Å². The molecule has 75 heavy (non-hydrogen) atoms. The summed E-state index contributed by atoms with van der Waals surface area (Å²) < 4.78 is -2.41. The number of fused-ring (bicyclic) bond motifs is 12. The predicted molar refractivity (Wildman–Crippen MR) is 325 cm³/mol. The van der Waals surface area contributed by atoms with Crippen LogP contribution < -0.4 is 0 Å². The van der Waals surface area contributed by atoms with Gasteiger partial charge < -0.3 is 0 Å². The van der Waals surface area contributed by atoms with Crippen molar-refractivity contribution in [2.24, 2.45) is 0 Å². The van der Waals surface area contributed by atoms with Crippen LogP contribution in [0.25, 0.3) is 68.8 Å². The van der Waals surface area contributed by atoms with E-state index < -0.39 is 43.5 Å². The zero-order chi connectivity index (χ0) is 51.4. The summed E-state index contributed by atoms with van der Waals surface area (Å²) in [5, 5.41) is 0. The van der Waals surface area contributed by atoms with Gasteiger partial charge in [-0.05, 0) is 0 Å². The molecule has 2 aliphatic heterocycles. The van der Waals surface area contributed by atoms with Crippen LogP contribution in [0.5, 0.6) is 0 Å². The van der Waals surface area contributed by atoms with Crippen LogP contribution >= 0.6 is 17.0 Å². The summed E-state index contributed by atoms with van der Waals surface area (Å²) in [6, 6.07) is 73.8. The molecule has 0 nitrogen and oxygen atoms in total. The maximum atomic E-state index is 11.3. The number of hydrogen-bond donors (Lipinski definition) is 0. The van der Waals surface area contributed by atoms with Crippen LogP contribution in [-0.2, 0) is 25.9 Å². The Hall–Kier alpha value is -5.38. The van der Waals surface area contributed by atoms with Crippen molar-refractivity contribution in [2.75, 3.05) is 0 Å². The van der Waals surface area contributed by atoms with E-state index in [1.807, 2.05) is 0 Å². The van der Waals surface area contributed by atoms with Gasteiger partial charge in [0.05, 0.1) is 0 Å². The molecule has 6 aliphatic rings. The summed E-state index contributed by atoms with van der Waals surface area (Å²) in [6.07, 6.45) is 14.2. The van der Waals surface area contributed by atoms with Crippen molar-refractivity contribution in [3.63, 3.8) is 0 Å². The third-order valence-electron chi connectivity index (χ3n) is 21.4. The summed E-state index contributed by atoms with van der Waals surface area (Å²) in [7, 11) is 17.8. The molecule has 4 atom stereocenters. The molecule has 0 bridgehead atoms. The Labute approximate surface area is 452 Å². The molecular formula is C70H64Cl2Si2Zr. The molecule has 2 fully saturated rings. The molecule has 0 saturated carbocycles. The van der Waals surface area contributed by atoms with Crippen molar-refractivity contribution < 1.29 is 14.9 Å². The molecule has 4 aliphatic carbocycles. The minimum absolute atomic E-state index is 0.603. The normalized spacial score (nSPS) is 27.9. The Morgan fingerprint density at radius 1 is 0.307 bits per heavy atom. The quantitative estimate of drug-likeness (QED) is 0.133. The van der Waals surface area contributed by atoms with Crippen molar-refractivity contribution in [1.29, 1.82) is 0 Å². The average molecular weight is 1120 g/mol. The molecule has 4 unspecified atom stereocenters. The van der Waals surface area contributed by atoms with E-state index in [1.54, 1.807) is 0 Å². The molecule has 0 amide bonds. The fraction of sp³-hybridized carbons (Fsp3) is 0.200. The SMILES string of the molecule is CCC1=Cc2c(-c3ccccc3)cccc2[C]12[SiH](C)[C]1(C(CC)=Cc3c(-c4ccccc4)cccc31)[Zr]21([Cl])([Cl])[C]2(C(CC)=Cc3c(-c4ccccc4)cccc32)[SiH](C)[C]12C(CC)=Cc1c(-c3ccccc3)cccc12. The van der Waals surface area contributed by atoms with E-state index in [4.69, 9.17) is 0 Å². The second-order valence-electron chi connectivity index (χ2n) is 22.9.